The summed E-state index contributed by atoms with van der Waals surface area (Å²) in [7, 11) is -2.03. The predicted molar refractivity (Wildman–Crippen MR) is 68.2 cm³/mol. The Morgan fingerprint density at radius 1 is 1.14 bits per heavy atom. The van der Waals surface area contributed by atoms with Gasteiger partial charge in [-0.3, -0.25) is 0 Å². The average molecular weight is 324 g/mol. The molecule has 0 aliphatic carbocycles. The van der Waals surface area contributed by atoms with Crippen LogP contribution in [-0.2, 0) is 8.85 Å². The molecule has 0 radical (unpaired) electrons. The lowest BCUT2D eigenvalue weighted by Gasteiger charge is -2.28. The van der Waals surface area contributed by atoms with E-state index in [0.29, 0.717) is 25.0 Å². The van der Waals surface area contributed by atoms with Gasteiger partial charge in [-0.05, 0) is 6.04 Å². The van der Waals surface area contributed by atoms with Gasteiger partial charge in [-0.25, -0.2) is 0 Å². The van der Waals surface area contributed by atoms with Gasteiger partial charge in [-0.1, -0.05) is 22.9 Å². The highest BCUT2D eigenvalue weighted by Gasteiger charge is 2.34. The molecule has 0 amide bonds. The highest BCUT2D eigenvalue weighted by atomic mass is 79.9. The number of alkyl halides is 3. The Kier molecular flexibility index (Phi) is 10.2. The normalized spacial score (nSPS) is 12.0. The molecule has 0 atom stereocenters. The van der Waals surface area contributed by atoms with E-state index in [2.05, 4.69) is 22.9 Å². The third-order valence-corrected chi connectivity index (χ3v) is 6.89. The molecule has 0 fully saturated rings. The minimum atomic E-state index is -2.03. The quantitative estimate of drug-likeness (QED) is 0.478. The van der Waals surface area contributed by atoms with E-state index in [4.69, 9.17) is 32.1 Å². The molecule has 0 unspecified atom stereocenters. The molecule has 0 aromatic rings. The number of hydrogen-bond donors (Lipinski definition) is 0. The third kappa shape index (κ3) is 5.93. The van der Waals surface area contributed by atoms with Gasteiger partial charge in [0.2, 0.25) is 0 Å². The molecule has 0 saturated heterocycles. The van der Waals surface area contributed by atoms with E-state index in [1.165, 1.54) is 0 Å². The van der Waals surface area contributed by atoms with E-state index in [0.717, 1.165) is 17.4 Å². The van der Waals surface area contributed by atoms with Gasteiger partial charge in [0.1, 0.15) is 0 Å². The maximum Gasteiger partial charge on any atom is 0.338 e. The lowest BCUT2D eigenvalue weighted by Crippen LogP contribution is -2.43. The molecule has 0 saturated carbocycles. The minimum Gasteiger partial charge on any atom is -0.393 e. The van der Waals surface area contributed by atoms with Crippen molar-refractivity contribution in [2.24, 2.45) is 0 Å². The van der Waals surface area contributed by atoms with Crippen molar-refractivity contribution >= 4 is 47.7 Å². The molecule has 0 N–H and O–H groups in total. The largest absolute Gasteiger partial charge is 0.393 e. The van der Waals surface area contributed by atoms with Crippen molar-refractivity contribution in [3.63, 3.8) is 0 Å². The van der Waals surface area contributed by atoms with E-state index in [9.17, 15) is 0 Å². The lowest BCUT2D eigenvalue weighted by atomic mass is 10.9. The Morgan fingerprint density at radius 2 is 1.64 bits per heavy atom. The van der Waals surface area contributed by atoms with E-state index in [1.54, 1.807) is 0 Å². The van der Waals surface area contributed by atoms with Crippen LogP contribution in [0.5, 0.6) is 0 Å². The second kappa shape index (κ2) is 9.42. The van der Waals surface area contributed by atoms with Gasteiger partial charge in [0, 0.05) is 36.3 Å². The van der Waals surface area contributed by atoms with Gasteiger partial charge in [-0.15, -0.1) is 23.2 Å². The summed E-state index contributed by atoms with van der Waals surface area (Å²) in [6.45, 7) is 3.23. The molecular formula is C8H17BrCl2O2Si. The highest BCUT2D eigenvalue weighted by molar-refractivity contribution is 9.09. The van der Waals surface area contributed by atoms with Crippen LogP contribution >= 0.6 is 39.1 Å². The first kappa shape index (κ1) is 15.2. The molecule has 14 heavy (non-hydrogen) atoms. The van der Waals surface area contributed by atoms with Crippen molar-refractivity contribution < 1.29 is 8.85 Å². The fraction of sp³-hybridized carbons (Fsp3) is 1.00. The minimum absolute atomic E-state index is 0.515. The molecule has 0 heterocycles. The molecule has 0 spiro atoms. The van der Waals surface area contributed by atoms with Gasteiger partial charge in [0.05, 0.1) is 0 Å². The maximum atomic E-state index is 5.77. The van der Waals surface area contributed by atoms with Gasteiger partial charge < -0.3 is 8.85 Å². The van der Waals surface area contributed by atoms with Crippen LogP contribution in [0.15, 0.2) is 0 Å². The van der Waals surface area contributed by atoms with E-state index in [-0.39, 0.29) is 0 Å². The van der Waals surface area contributed by atoms with E-state index >= 15 is 0 Å². The van der Waals surface area contributed by atoms with Crippen molar-refractivity contribution in [1.29, 1.82) is 0 Å². The summed E-state index contributed by atoms with van der Waals surface area (Å²) in [4.78, 5) is 0. The molecule has 0 aromatic heterocycles. The molecule has 0 aromatic carbocycles. The van der Waals surface area contributed by atoms with Crippen LogP contribution in [0.25, 0.3) is 0 Å². The number of hydrogen-bond acceptors (Lipinski definition) is 2. The summed E-state index contributed by atoms with van der Waals surface area (Å²) in [5, 5.41) is 0.900. The molecule has 0 rings (SSSR count). The summed E-state index contributed by atoms with van der Waals surface area (Å²) >= 11 is 14.6. The average Bonchev–Trinajstić information content (AvgIpc) is 2.22. The second-order valence-corrected chi connectivity index (χ2v) is 7.93. The highest BCUT2D eigenvalue weighted by Crippen LogP contribution is 2.20. The fourth-order valence-electron chi connectivity index (χ4n) is 1.16. The zero-order valence-electron chi connectivity index (χ0n) is 8.40. The van der Waals surface area contributed by atoms with Crippen LogP contribution in [-0.4, -0.2) is 38.9 Å². The van der Waals surface area contributed by atoms with Crippen LogP contribution in [0.1, 0.15) is 6.92 Å². The Morgan fingerprint density at radius 3 is 1.93 bits per heavy atom. The summed E-state index contributed by atoms with van der Waals surface area (Å²) in [6.07, 6.45) is 0. The summed E-state index contributed by atoms with van der Waals surface area (Å²) < 4.78 is 11.5. The Hall–Kier alpha value is 1.20. The first-order valence-electron chi connectivity index (χ1n) is 4.70. The van der Waals surface area contributed by atoms with Crippen LogP contribution in [0, 0.1) is 0 Å². The van der Waals surface area contributed by atoms with Crippen molar-refractivity contribution in [2.45, 2.75) is 19.0 Å². The van der Waals surface area contributed by atoms with Crippen molar-refractivity contribution in [2.75, 3.05) is 30.3 Å². The fourth-order valence-corrected chi connectivity index (χ4v) is 5.76. The first-order valence-corrected chi connectivity index (χ1v) is 9.12. The molecular weight excluding hydrogens is 307 g/mol. The van der Waals surface area contributed by atoms with Gasteiger partial charge >= 0.3 is 8.56 Å². The van der Waals surface area contributed by atoms with Crippen LogP contribution in [0.2, 0.25) is 12.1 Å². The zero-order chi connectivity index (χ0) is 10.9. The smallest absolute Gasteiger partial charge is 0.338 e. The Bertz CT molecular complexity index is 133. The van der Waals surface area contributed by atoms with E-state index < -0.39 is 8.56 Å². The molecule has 0 aliphatic rings. The van der Waals surface area contributed by atoms with Crippen molar-refractivity contribution in [3.05, 3.63) is 0 Å². The number of halogens is 3. The Labute approximate surface area is 106 Å². The SMILES string of the molecule is CC[Si](CCBr)(OCCCl)OCCCl. The van der Waals surface area contributed by atoms with Crippen LogP contribution < -0.4 is 0 Å². The van der Waals surface area contributed by atoms with Gasteiger partial charge in [-0.2, -0.15) is 0 Å². The monoisotopic (exact) mass is 322 g/mol. The van der Waals surface area contributed by atoms with Crippen LogP contribution in [0.3, 0.4) is 0 Å². The molecule has 2 nitrogen and oxygen atoms in total. The summed E-state index contributed by atoms with van der Waals surface area (Å²) in [5.41, 5.74) is 0. The maximum absolute atomic E-state index is 5.77. The molecule has 0 aliphatic heterocycles. The molecule has 0 bridgehead atoms. The number of rotatable bonds is 9. The molecule has 86 valence electrons. The van der Waals surface area contributed by atoms with Gasteiger partial charge in [0.25, 0.3) is 0 Å². The van der Waals surface area contributed by atoms with E-state index in [1.807, 2.05) is 0 Å². The zero-order valence-corrected chi connectivity index (χ0v) is 12.5. The molecule has 6 heteroatoms. The third-order valence-electron chi connectivity index (χ3n) is 1.90. The predicted octanol–water partition coefficient (Wildman–Crippen LogP) is 3.35. The van der Waals surface area contributed by atoms with Crippen molar-refractivity contribution in [3.8, 4) is 0 Å². The summed E-state index contributed by atoms with van der Waals surface area (Å²) in [5.74, 6) is 1.03. The second-order valence-electron chi connectivity index (χ2n) is 2.78. The topological polar surface area (TPSA) is 18.5 Å². The van der Waals surface area contributed by atoms with Gasteiger partial charge in [0.15, 0.2) is 0 Å². The van der Waals surface area contributed by atoms with Crippen LogP contribution in [0.4, 0.5) is 0 Å². The Balaban J connectivity index is 4.11. The summed E-state index contributed by atoms with van der Waals surface area (Å²) in [6, 6.07) is 1.88. The standard InChI is InChI=1S/C8H17BrCl2O2Si/c1-2-14(8-3-9,12-6-4-10)13-7-5-11/h2-8H2,1H3. The lowest BCUT2D eigenvalue weighted by molar-refractivity contribution is 0.187. The first-order chi connectivity index (χ1) is 6.74. The van der Waals surface area contributed by atoms with Crippen molar-refractivity contribution in [1.82, 2.24) is 0 Å².